The fraction of sp³-hybridized carbons (Fsp3) is 0.500. The van der Waals surface area contributed by atoms with Gasteiger partial charge in [-0.3, -0.25) is 4.79 Å². The molecule has 1 amide bonds. The van der Waals surface area contributed by atoms with E-state index in [-0.39, 0.29) is 5.91 Å². The molecule has 2 heterocycles. The predicted octanol–water partition coefficient (Wildman–Crippen LogP) is 1.72. The van der Waals surface area contributed by atoms with E-state index in [2.05, 4.69) is 24.4 Å². The Balaban J connectivity index is 1.90. The Kier molecular flexibility index (Phi) is 2.63. The molecule has 3 rings (SSSR count). The number of amides is 1. The predicted molar refractivity (Wildman–Crippen MR) is 68.1 cm³/mol. The maximum Gasteiger partial charge on any atom is 0.231 e. The van der Waals surface area contributed by atoms with E-state index in [1.807, 2.05) is 17.0 Å². The average Bonchev–Trinajstić information content (AvgIpc) is 2.64. The third-order valence-electron chi connectivity index (χ3n) is 3.82. The molecule has 1 fully saturated rings. The number of fused-ring (bicyclic) bond motifs is 1. The van der Waals surface area contributed by atoms with Crippen molar-refractivity contribution in [2.75, 3.05) is 11.4 Å². The number of anilines is 1. The molecule has 2 atom stereocenters. The summed E-state index contributed by atoms with van der Waals surface area (Å²) in [4.78, 5) is 14.2. The molecule has 0 saturated carbocycles. The van der Waals surface area contributed by atoms with Crippen LogP contribution >= 0.6 is 0 Å². The summed E-state index contributed by atoms with van der Waals surface area (Å²) in [5.74, 6) is 0.269. The van der Waals surface area contributed by atoms with Crippen molar-refractivity contribution in [1.29, 1.82) is 0 Å². The molecule has 1 aromatic rings. The Hall–Kier alpha value is -1.35. The molecule has 1 saturated heterocycles. The van der Waals surface area contributed by atoms with Gasteiger partial charge < -0.3 is 10.2 Å². The van der Waals surface area contributed by atoms with Crippen molar-refractivity contribution < 1.29 is 4.79 Å². The summed E-state index contributed by atoms with van der Waals surface area (Å²) in [7, 11) is 0. The molecule has 17 heavy (non-hydrogen) atoms. The Labute approximate surface area is 102 Å². The van der Waals surface area contributed by atoms with Gasteiger partial charge >= 0.3 is 0 Å². The SMILES string of the molecule is CC1CC(N2C(=O)Cc3ccccc32)CCN1. The number of carbonyl (C=O) groups excluding carboxylic acids is 1. The molecule has 2 unspecified atom stereocenters. The van der Waals surface area contributed by atoms with Crippen LogP contribution in [0.5, 0.6) is 0 Å². The lowest BCUT2D eigenvalue weighted by Crippen LogP contribution is -2.48. The van der Waals surface area contributed by atoms with Crippen molar-refractivity contribution in [1.82, 2.24) is 5.32 Å². The first-order chi connectivity index (χ1) is 8.25. The van der Waals surface area contributed by atoms with Crippen LogP contribution in [0.15, 0.2) is 24.3 Å². The van der Waals surface area contributed by atoms with Gasteiger partial charge in [-0.25, -0.2) is 0 Å². The lowest BCUT2D eigenvalue weighted by atomic mass is 9.99. The van der Waals surface area contributed by atoms with Crippen molar-refractivity contribution >= 4 is 11.6 Å². The number of hydrogen-bond donors (Lipinski definition) is 1. The largest absolute Gasteiger partial charge is 0.314 e. The van der Waals surface area contributed by atoms with Gasteiger partial charge in [-0.2, -0.15) is 0 Å². The molecule has 1 aromatic carbocycles. The maximum atomic E-state index is 12.1. The molecule has 3 heteroatoms. The highest BCUT2D eigenvalue weighted by atomic mass is 16.2. The molecule has 0 aromatic heterocycles. The smallest absolute Gasteiger partial charge is 0.231 e. The zero-order valence-electron chi connectivity index (χ0n) is 10.1. The number of piperidine rings is 1. The van der Waals surface area contributed by atoms with Crippen LogP contribution in [0.3, 0.4) is 0 Å². The molecule has 1 N–H and O–H groups in total. The molecule has 0 spiro atoms. The van der Waals surface area contributed by atoms with Gasteiger partial charge in [0.15, 0.2) is 0 Å². The minimum Gasteiger partial charge on any atom is -0.314 e. The first-order valence-corrected chi connectivity index (χ1v) is 6.39. The van der Waals surface area contributed by atoms with Gasteiger partial charge in [-0.1, -0.05) is 18.2 Å². The number of rotatable bonds is 1. The first kappa shape index (κ1) is 10.8. The maximum absolute atomic E-state index is 12.1. The van der Waals surface area contributed by atoms with Crippen molar-refractivity contribution in [3.8, 4) is 0 Å². The van der Waals surface area contributed by atoms with Crippen molar-refractivity contribution in [2.24, 2.45) is 0 Å². The van der Waals surface area contributed by atoms with Gasteiger partial charge in [0.25, 0.3) is 0 Å². The van der Waals surface area contributed by atoms with Crippen LogP contribution in [0.2, 0.25) is 0 Å². The van der Waals surface area contributed by atoms with Crippen molar-refractivity contribution in [3.63, 3.8) is 0 Å². The third-order valence-corrected chi connectivity index (χ3v) is 3.82. The first-order valence-electron chi connectivity index (χ1n) is 6.39. The zero-order chi connectivity index (χ0) is 11.8. The van der Waals surface area contributed by atoms with Crippen LogP contribution in [0, 0.1) is 0 Å². The molecular formula is C14H18N2O. The topological polar surface area (TPSA) is 32.3 Å². The number of nitrogens with one attached hydrogen (secondary N) is 1. The van der Waals surface area contributed by atoms with Gasteiger partial charge in [0, 0.05) is 17.8 Å². The molecule has 90 valence electrons. The lowest BCUT2D eigenvalue weighted by Gasteiger charge is -2.35. The van der Waals surface area contributed by atoms with E-state index in [9.17, 15) is 4.79 Å². The van der Waals surface area contributed by atoms with E-state index in [1.54, 1.807) is 0 Å². The summed E-state index contributed by atoms with van der Waals surface area (Å²) in [5.41, 5.74) is 2.32. The molecule has 0 radical (unpaired) electrons. The summed E-state index contributed by atoms with van der Waals surface area (Å²) < 4.78 is 0. The molecule has 2 aliphatic rings. The Bertz CT molecular complexity index is 444. The summed E-state index contributed by atoms with van der Waals surface area (Å²) in [5, 5.41) is 3.44. The van der Waals surface area contributed by atoms with Crippen LogP contribution in [0.25, 0.3) is 0 Å². The van der Waals surface area contributed by atoms with Crippen LogP contribution in [0.4, 0.5) is 5.69 Å². The second-order valence-corrected chi connectivity index (χ2v) is 5.10. The lowest BCUT2D eigenvalue weighted by molar-refractivity contribution is -0.117. The molecule has 0 bridgehead atoms. The number of hydrogen-bond acceptors (Lipinski definition) is 2. The average molecular weight is 230 g/mol. The Morgan fingerprint density at radius 1 is 1.35 bits per heavy atom. The fourth-order valence-corrected chi connectivity index (χ4v) is 3.02. The minimum atomic E-state index is 0.269. The van der Waals surface area contributed by atoms with Gasteiger partial charge in [-0.15, -0.1) is 0 Å². The van der Waals surface area contributed by atoms with E-state index in [0.29, 0.717) is 18.5 Å². The number of carbonyl (C=O) groups is 1. The van der Waals surface area contributed by atoms with Crippen LogP contribution in [0.1, 0.15) is 25.3 Å². The van der Waals surface area contributed by atoms with Crippen LogP contribution in [-0.2, 0) is 11.2 Å². The number of para-hydroxylation sites is 1. The third kappa shape index (κ3) is 1.84. The van der Waals surface area contributed by atoms with Crippen molar-refractivity contribution in [3.05, 3.63) is 29.8 Å². The zero-order valence-corrected chi connectivity index (χ0v) is 10.1. The quantitative estimate of drug-likeness (QED) is 0.796. The summed E-state index contributed by atoms with van der Waals surface area (Å²) in [6.07, 6.45) is 2.69. The van der Waals surface area contributed by atoms with E-state index >= 15 is 0 Å². The molecular weight excluding hydrogens is 212 g/mol. The van der Waals surface area contributed by atoms with E-state index < -0.39 is 0 Å². The molecule has 0 aliphatic carbocycles. The minimum absolute atomic E-state index is 0.269. The van der Waals surface area contributed by atoms with E-state index in [0.717, 1.165) is 25.1 Å². The Morgan fingerprint density at radius 2 is 2.18 bits per heavy atom. The highest BCUT2D eigenvalue weighted by molar-refractivity contribution is 6.01. The van der Waals surface area contributed by atoms with Gasteiger partial charge in [-0.05, 0) is 37.9 Å². The van der Waals surface area contributed by atoms with Gasteiger partial charge in [0.1, 0.15) is 0 Å². The Morgan fingerprint density at radius 3 is 3.00 bits per heavy atom. The normalized spacial score (nSPS) is 28.3. The molecule has 2 aliphatic heterocycles. The van der Waals surface area contributed by atoms with E-state index in [4.69, 9.17) is 0 Å². The summed E-state index contributed by atoms with van der Waals surface area (Å²) in [6.45, 7) is 3.20. The second-order valence-electron chi connectivity index (χ2n) is 5.10. The molecule has 3 nitrogen and oxygen atoms in total. The summed E-state index contributed by atoms with van der Waals surface area (Å²) >= 11 is 0. The fourth-order valence-electron chi connectivity index (χ4n) is 3.02. The van der Waals surface area contributed by atoms with Crippen molar-refractivity contribution in [2.45, 2.75) is 38.3 Å². The highest BCUT2D eigenvalue weighted by Gasteiger charge is 2.34. The van der Waals surface area contributed by atoms with Crippen LogP contribution < -0.4 is 10.2 Å². The van der Waals surface area contributed by atoms with E-state index in [1.165, 1.54) is 5.56 Å². The standard InChI is InChI=1S/C14H18N2O/c1-10-8-12(6-7-15-10)16-13-5-3-2-4-11(13)9-14(16)17/h2-5,10,12,15H,6-9H2,1H3. The van der Waals surface area contributed by atoms with Crippen LogP contribution in [-0.4, -0.2) is 24.5 Å². The highest BCUT2D eigenvalue weighted by Crippen LogP contribution is 2.32. The summed E-state index contributed by atoms with van der Waals surface area (Å²) in [6, 6.07) is 9.07. The second kappa shape index (κ2) is 4.15. The number of nitrogens with zero attached hydrogens (tertiary/aromatic N) is 1. The number of benzene rings is 1. The van der Waals surface area contributed by atoms with Gasteiger partial charge in [0.2, 0.25) is 5.91 Å². The van der Waals surface area contributed by atoms with Gasteiger partial charge in [0.05, 0.1) is 6.42 Å². The monoisotopic (exact) mass is 230 g/mol.